The van der Waals surface area contributed by atoms with Crippen molar-refractivity contribution < 1.29 is 9.72 Å². The first-order valence-corrected chi connectivity index (χ1v) is 5.58. The van der Waals surface area contributed by atoms with E-state index in [0.717, 1.165) is 0 Å². The van der Waals surface area contributed by atoms with E-state index in [1.807, 2.05) is 0 Å². The summed E-state index contributed by atoms with van der Waals surface area (Å²) < 4.78 is 0. The van der Waals surface area contributed by atoms with Gasteiger partial charge in [-0.15, -0.1) is 0 Å². The number of hydrogen-bond acceptors (Lipinski definition) is 3. The summed E-state index contributed by atoms with van der Waals surface area (Å²) in [4.78, 5) is 20.4. The fraction of sp³-hybridized carbons (Fsp3) is 0.222. The molecule has 7 heteroatoms. The number of hydrogen-bond donors (Lipinski definition) is 1. The lowest BCUT2D eigenvalue weighted by Gasteiger charge is -2.07. The Morgan fingerprint density at radius 1 is 1.62 bits per heavy atom. The van der Waals surface area contributed by atoms with Gasteiger partial charge in [0.15, 0.2) is 0 Å². The van der Waals surface area contributed by atoms with E-state index in [1.54, 1.807) is 0 Å². The SMILES string of the molecule is NC(=O)C(Br)Cc1c(Cl)cccc1[N+](=O)[O-]. The lowest BCUT2D eigenvalue weighted by atomic mass is 10.1. The molecule has 1 aromatic rings. The average molecular weight is 308 g/mol. The maximum Gasteiger partial charge on any atom is 0.274 e. The molecule has 1 aromatic carbocycles. The predicted octanol–water partition coefficient (Wildman–Crippen LogP) is 2.04. The van der Waals surface area contributed by atoms with Gasteiger partial charge in [0.05, 0.1) is 20.3 Å². The smallest absolute Gasteiger partial charge is 0.274 e. The van der Waals surface area contributed by atoms with Crippen LogP contribution < -0.4 is 5.73 Å². The molecule has 1 atom stereocenters. The third kappa shape index (κ3) is 2.93. The molecule has 0 radical (unpaired) electrons. The third-order valence-electron chi connectivity index (χ3n) is 1.98. The van der Waals surface area contributed by atoms with Crippen LogP contribution >= 0.6 is 27.5 Å². The highest BCUT2D eigenvalue weighted by Gasteiger charge is 2.21. The van der Waals surface area contributed by atoms with Crippen molar-refractivity contribution >= 4 is 39.1 Å². The topological polar surface area (TPSA) is 86.2 Å². The summed E-state index contributed by atoms with van der Waals surface area (Å²) in [5.41, 5.74) is 5.25. The molecule has 0 saturated carbocycles. The van der Waals surface area contributed by atoms with Crippen molar-refractivity contribution in [2.45, 2.75) is 11.2 Å². The molecule has 0 fully saturated rings. The molecular formula is C9H8BrClN2O3. The van der Waals surface area contributed by atoms with Gasteiger partial charge in [-0.3, -0.25) is 14.9 Å². The molecule has 0 heterocycles. The zero-order valence-electron chi connectivity index (χ0n) is 8.02. The first kappa shape index (κ1) is 12.9. The van der Waals surface area contributed by atoms with Gasteiger partial charge < -0.3 is 5.73 Å². The van der Waals surface area contributed by atoms with Gasteiger partial charge in [-0.2, -0.15) is 0 Å². The first-order valence-electron chi connectivity index (χ1n) is 4.28. The van der Waals surface area contributed by atoms with E-state index in [-0.39, 0.29) is 17.1 Å². The minimum atomic E-state index is -0.675. The number of nitrogens with two attached hydrogens (primary N) is 1. The van der Waals surface area contributed by atoms with Gasteiger partial charge in [-0.25, -0.2) is 0 Å². The fourth-order valence-electron chi connectivity index (χ4n) is 1.20. The molecule has 86 valence electrons. The van der Waals surface area contributed by atoms with Crippen molar-refractivity contribution in [3.05, 3.63) is 38.9 Å². The van der Waals surface area contributed by atoms with E-state index in [2.05, 4.69) is 15.9 Å². The summed E-state index contributed by atoms with van der Waals surface area (Å²) in [7, 11) is 0. The van der Waals surface area contributed by atoms with Crippen LogP contribution in [0.4, 0.5) is 5.69 Å². The number of carbonyl (C=O) groups is 1. The molecule has 0 aliphatic heterocycles. The Balaban J connectivity index is 3.11. The first-order chi connectivity index (χ1) is 7.43. The van der Waals surface area contributed by atoms with Gasteiger partial charge in [-0.05, 0) is 6.07 Å². The number of nitro benzene ring substituents is 1. The van der Waals surface area contributed by atoms with Gasteiger partial charge in [0, 0.05) is 12.5 Å². The Kier molecular flexibility index (Phi) is 4.26. The Morgan fingerprint density at radius 3 is 2.75 bits per heavy atom. The van der Waals surface area contributed by atoms with Gasteiger partial charge in [-0.1, -0.05) is 33.6 Å². The summed E-state index contributed by atoms with van der Waals surface area (Å²) in [5, 5.41) is 11.0. The van der Waals surface area contributed by atoms with Crippen molar-refractivity contribution in [3.63, 3.8) is 0 Å². The third-order valence-corrected chi connectivity index (χ3v) is 3.11. The zero-order valence-corrected chi connectivity index (χ0v) is 10.4. The maximum absolute atomic E-state index is 10.9. The van der Waals surface area contributed by atoms with Crippen molar-refractivity contribution in [1.82, 2.24) is 0 Å². The second-order valence-corrected chi connectivity index (χ2v) is 4.58. The molecule has 5 nitrogen and oxygen atoms in total. The van der Waals surface area contributed by atoms with Crippen LogP contribution in [0.25, 0.3) is 0 Å². The summed E-state index contributed by atoms with van der Waals surface area (Å²) in [6.45, 7) is 0. The number of amides is 1. The number of nitrogens with zero attached hydrogens (tertiary/aromatic N) is 1. The molecule has 1 rings (SSSR count). The highest BCUT2D eigenvalue weighted by atomic mass is 79.9. The standard InChI is InChI=1S/C9H8BrClN2O3/c10-6(9(12)14)4-5-7(11)2-1-3-8(5)13(15)16/h1-3,6H,4H2,(H2,12,14). The Morgan fingerprint density at radius 2 is 2.25 bits per heavy atom. The molecule has 16 heavy (non-hydrogen) atoms. The molecule has 0 aromatic heterocycles. The van der Waals surface area contributed by atoms with Crippen LogP contribution in [0.15, 0.2) is 18.2 Å². The Labute approximate surface area is 105 Å². The molecule has 1 amide bonds. The number of halogens is 2. The average Bonchev–Trinajstić information content (AvgIpc) is 2.20. The number of nitro groups is 1. The van der Waals surface area contributed by atoms with Crippen molar-refractivity contribution in [2.75, 3.05) is 0 Å². The zero-order chi connectivity index (χ0) is 12.3. The molecule has 0 saturated heterocycles. The summed E-state index contributed by atoms with van der Waals surface area (Å²) in [5.74, 6) is -0.589. The molecule has 0 aliphatic rings. The quantitative estimate of drug-likeness (QED) is 0.524. The number of primary amides is 1. The normalized spacial score (nSPS) is 12.1. The highest BCUT2D eigenvalue weighted by molar-refractivity contribution is 9.10. The summed E-state index contributed by atoms with van der Waals surface area (Å²) >= 11 is 8.89. The van der Waals surface area contributed by atoms with Crippen LogP contribution in [0, 0.1) is 10.1 Å². The van der Waals surface area contributed by atoms with Crippen molar-refractivity contribution in [2.24, 2.45) is 5.73 Å². The minimum Gasteiger partial charge on any atom is -0.369 e. The Hall–Kier alpha value is -1.14. The van der Waals surface area contributed by atoms with Crippen LogP contribution in [0.1, 0.15) is 5.56 Å². The highest BCUT2D eigenvalue weighted by Crippen LogP contribution is 2.28. The van der Waals surface area contributed by atoms with Crippen LogP contribution in [-0.2, 0) is 11.2 Å². The second kappa shape index (κ2) is 5.27. The number of carbonyl (C=O) groups excluding carboxylic acids is 1. The maximum atomic E-state index is 10.9. The van der Waals surface area contributed by atoms with E-state index < -0.39 is 15.7 Å². The van der Waals surface area contributed by atoms with Crippen molar-refractivity contribution in [1.29, 1.82) is 0 Å². The lowest BCUT2D eigenvalue weighted by molar-refractivity contribution is -0.385. The number of rotatable bonds is 4. The minimum absolute atomic E-state index is 0.0886. The predicted molar refractivity (Wildman–Crippen MR) is 63.7 cm³/mol. The molecule has 2 N–H and O–H groups in total. The monoisotopic (exact) mass is 306 g/mol. The molecule has 1 unspecified atom stereocenters. The van der Waals surface area contributed by atoms with E-state index in [1.165, 1.54) is 18.2 Å². The molecular weight excluding hydrogens is 299 g/mol. The fourth-order valence-corrected chi connectivity index (χ4v) is 1.77. The molecule has 0 bridgehead atoms. The summed E-state index contributed by atoms with van der Waals surface area (Å²) in [6.07, 6.45) is 0.0886. The largest absolute Gasteiger partial charge is 0.369 e. The van der Waals surface area contributed by atoms with Gasteiger partial charge in [0.2, 0.25) is 5.91 Å². The number of alkyl halides is 1. The van der Waals surface area contributed by atoms with Gasteiger partial charge >= 0.3 is 0 Å². The second-order valence-electron chi connectivity index (χ2n) is 3.07. The Bertz CT molecular complexity index is 439. The van der Waals surface area contributed by atoms with Crippen LogP contribution in [-0.4, -0.2) is 15.7 Å². The van der Waals surface area contributed by atoms with Gasteiger partial charge in [0.25, 0.3) is 5.69 Å². The van der Waals surface area contributed by atoms with Crippen LogP contribution in [0.2, 0.25) is 5.02 Å². The van der Waals surface area contributed by atoms with Crippen molar-refractivity contribution in [3.8, 4) is 0 Å². The lowest BCUT2D eigenvalue weighted by Crippen LogP contribution is -2.25. The van der Waals surface area contributed by atoms with Crippen LogP contribution in [0.5, 0.6) is 0 Å². The van der Waals surface area contributed by atoms with E-state index >= 15 is 0 Å². The molecule has 0 aliphatic carbocycles. The van der Waals surface area contributed by atoms with Gasteiger partial charge in [0.1, 0.15) is 0 Å². The van der Waals surface area contributed by atoms with Crippen LogP contribution in [0.3, 0.4) is 0 Å². The number of benzene rings is 1. The van der Waals surface area contributed by atoms with E-state index in [9.17, 15) is 14.9 Å². The van der Waals surface area contributed by atoms with E-state index in [4.69, 9.17) is 17.3 Å². The summed E-state index contributed by atoms with van der Waals surface area (Å²) in [6, 6.07) is 4.35. The van der Waals surface area contributed by atoms with E-state index in [0.29, 0.717) is 5.56 Å². The molecule has 0 spiro atoms.